The van der Waals surface area contributed by atoms with Gasteiger partial charge in [-0.3, -0.25) is 14.7 Å². The van der Waals surface area contributed by atoms with Gasteiger partial charge in [0.2, 0.25) is 0 Å². The van der Waals surface area contributed by atoms with Crippen molar-refractivity contribution in [2.75, 3.05) is 18.6 Å². The van der Waals surface area contributed by atoms with E-state index in [1.807, 2.05) is 6.92 Å². The second-order valence-electron chi connectivity index (χ2n) is 5.46. The highest BCUT2D eigenvalue weighted by molar-refractivity contribution is 7.15. The van der Waals surface area contributed by atoms with Gasteiger partial charge in [-0.1, -0.05) is 0 Å². The lowest BCUT2D eigenvalue weighted by Crippen LogP contribution is -2.31. The van der Waals surface area contributed by atoms with Crippen molar-refractivity contribution in [3.05, 3.63) is 34.6 Å². The van der Waals surface area contributed by atoms with E-state index in [-0.39, 0.29) is 12.5 Å². The molecule has 0 bridgehead atoms. The summed E-state index contributed by atoms with van der Waals surface area (Å²) in [5.41, 5.74) is 2.08. The van der Waals surface area contributed by atoms with Crippen molar-refractivity contribution in [2.45, 2.75) is 32.6 Å². The zero-order valence-corrected chi connectivity index (χ0v) is 13.7. The number of amides is 1. The van der Waals surface area contributed by atoms with Gasteiger partial charge in [0, 0.05) is 29.9 Å². The van der Waals surface area contributed by atoms with Crippen LogP contribution in [0.5, 0.6) is 5.75 Å². The minimum absolute atomic E-state index is 0.00556. The Balaban J connectivity index is 1.64. The van der Waals surface area contributed by atoms with E-state index in [0.717, 1.165) is 29.2 Å². The molecule has 0 aliphatic heterocycles. The summed E-state index contributed by atoms with van der Waals surface area (Å²) in [7, 11) is 1.76. The first-order chi connectivity index (χ1) is 10.6. The Bertz CT molecular complexity index is 660. The summed E-state index contributed by atoms with van der Waals surface area (Å²) in [5, 5.41) is 0.770. The van der Waals surface area contributed by atoms with Crippen LogP contribution in [0, 0.1) is 6.92 Å². The molecule has 1 aliphatic carbocycles. The average Bonchev–Trinajstić information content (AvgIpc) is 2.97. The molecule has 0 saturated carbocycles. The molecule has 0 fully saturated rings. The van der Waals surface area contributed by atoms with Gasteiger partial charge >= 0.3 is 0 Å². The molecule has 22 heavy (non-hydrogen) atoms. The molecule has 6 heteroatoms. The lowest BCUT2D eigenvalue weighted by molar-refractivity contribution is -0.120. The zero-order valence-electron chi connectivity index (χ0n) is 12.8. The van der Waals surface area contributed by atoms with Crippen LogP contribution in [0.25, 0.3) is 0 Å². The number of likely N-dealkylation sites (N-methyl/N-ethyl adjacent to an activating group) is 1. The van der Waals surface area contributed by atoms with Crippen molar-refractivity contribution in [3.8, 4) is 5.75 Å². The van der Waals surface area contributed by atoms with Gasteiger partial charge in [-0.05, 0) is 38.7 Å². The van der Waals surface area contributed by atoms with Crippen LogP contribution in [0.3, 0.4) is 0 Å². The average molecular weight is 317 g/mol. The maximum atomic E-state index is 12.3. The van der Waals surface area contributed by atoms with E-state index in [2.05, 4.69) is 9.97 Å². The smallest absolute Gasteiger partial charge is 0.266 e. The molecular weight excluding hydrogens is 298 g/mol. The third-order valence-corrected chi connectivity index (χ3v) is 5.05. The summed E-state index contributed by atoms with van der Waals surface area (Å²) in [5.74, 6) is 0.595. The van der Waals surface area contributed by atoms with E-state index in [1.165, 1.54) is 17.7 Å². The van der Waals surface area contributed by atoms with E-state index in [0.29, 0.717) is 5.75 Å². The van der Waals surface area contributed by atoms with E-state index in [4.69, 9.17) is 4.74 Å². The maximum absolute atomic E-state index is 12.3. The van der Waals surface area contributed by atoms with Gasteiger partial charge in [-0.25, -0.2) is 4.98 Å². The molecule has 116 valence electrons. The van der Waals surface area contributed by atoms with Crippen LogP contribution in [0.4, 0.5) is 5.13 Å². The lowest BCUT2D eigenvalue weighted by atomic mass is 10.0. The van der Waals surface area contributed by atoms with E-state index in [1.54, 1.807) is 41.7 Å². The highest BCUT2D eigenvalue weighted by Gasteiger charge is 2.20. The number of thiazole rings is 1. The molecule has 3 rings (SSSR count). The van der Waals surface area contributed by atoms with Crippen molar-refractivity contribution in [1.29, 1.82) is 0 Å². The SMILES string of the molecule is Cc1cnccc1OCC(=O)N(C)c1nc2c(s1)CCCC2. The third-order valence-electron chi connectivity index (χ3n) is 3.82. The van der Waals surface area contributed by atoms with Crippen molar-refractivity contribution >= 4 is 22.4 Å². The summed E-state index contributed by atoms with van der Waals surface area (Å²) < 4.78 is 5.59. The van der Waals surface area contributed by atoms with E-state index in [9.17, 15) is 4.79 Å². The normalized spacial score (nSPS) is 13.5. The number of carbonyl (C=O) groups is 1. The van der Waals surface area contributed by atoms with Crippen LogP contribution in [-0.4, -0.2) is 29.5 Å². The first-order valence-electron chi connectivity index (χ1n) is 7.43. The largest absolute Gasteiger partial charge is 0.483 e. The van der Waals surface area contributed by atoms with Crippen molar-refractivity contribution in [1.82, 2.24) is 9.97 Å². The fourth-order valence-corrected chi connectivity index (χ4v) is 3.57. The molecule has 5 nitrogen and oxygen atoms in total. The third kappa shape index (κ3) is 3.11. The van der Waals surface area contributed by atoms with Crippen molar-refractivity contribution < 1.29 is 9.53 Å². The molecule has 0 spiro atoms. The summed E-state index contributed by atoms with van der Waals surface area (Å²) >= 11 is 1.63. The number of hydrogen-bond donors (Lipinski definition) is 0. The molecule has 1 amide bonds. The number of aryl methyl sites for hydroxylation is 3. The molecule has 0 N–H and O–H groups in total. The van der Waals surface area contributed by atoms with Crippen LogP contribution < -0.4 is 9.64 Å². The Kier molecular flexibility index (Phi) is 4.38. The summed E-state index contributed by atoms with van der Waals surface area (Å²) in [6, 6.07) is 1.77. The predicted molar refractivity (Wildman–Crippen MR) is 86.6 cm³/mol. The Morgan fingerprint density at radius 1 is 1.41 bits per heavy atom. The highest BCUT2D eigenvalue weighted by atomic mass is 32.1. The van der Waals surface area contributed by atoms with Crippen LogP contribution in [0.2, 0.25) is 0 Å². The first-order valence-corrected chi connectivity index (χ1v) is 8.25. The van der Waals surface area contributed by atoms with Gasteiger partial charge in [-0.15, -0.1) is 11.3 Å². The number of pyridine rings is 1. The van der Waals surface area contributed by atoms with Crippen LogP contribution in [0.1, 0.15) is 29.0 Å². The molecule has 2 aromatic rings. The zero-order chi connectivity index (χ0) is 15.5. The van der Waals surface area contributed by atoms with Gasteiger partial charge in [-0.2, -0.15) is 0 Å². The molecule has 2 heterocycles. The van der Waals surface area contributed by atoms with Gasteiger partial charge < -0.3 is 4.74 Å². The molecule has 0 saturated heterocycles. The molecule has 0 radical (unpaired) electrons. The summed E-state index contributed by atoms with van der Waals surface area (Å²) in [4.78, 5) is 23.8. The monoisotopic (exact) mass is 317 g/mol. The second-order valence-corrected chi connectivity index (χ2v) is 6.52. The van der Waals surface area contributed by atoms with E-state index >= 15 is 0 Å². The first kappa shape index (κ1) is 15.0. The molecule has 0 atom stereocenters. The number of carbonyl (C=O) groups excluding carboxylic acids is 1. The van der Waals surface area contributed by atoms with E-state index < -0.39 is 0 Å². The Morgan fingerprint density at radius 3 is 3.00 bits per heavy atom. The number of rotatable bonds is 4. The molecule has 1 aliphatic rings. The number of hydrogen-bond acceptors (Lipinski definition) is 5. The molecule has 0 aromatic carbocycles. The standard InChI is InChI=1S/C16H19N3O2S/c1-11-9-17-8-7-13(11)21-10-15(20)19(2)16-18-12-5-3-4-6-14(12)22-16/h7-9H,3-6,10H2,1-2H3. The second kappa shape index (κ2) is 6.44. The minimum Gasteiger partial charge on any atom is -0.483 e. The van der Waals surface area contributed by atoms with Crippen molar-refractivity contribution in [2.24, 2.45) is 0 Å². The summed E-state index contributed by atoms with van der Waals surface area (Å²) in [6.45, 7) is 1.91. The van der Waals surface area contributed by atoms with Crippen molar-refractivity contribution in [3.63, 3.8) is 0 Å². The quantitative estimate of drug-likeness (QED) is 0.870. The number of aromatic nitrogens is 2. The number of fused-ring (bicyclic) bond motifs is 1. The van der Waals surface area contributed by atoms with Gasteiger partial charge in [0.1, 0.15) is 5.75 Å². The number of nitrogens with zero attached hydrogens (tertiary/aromatic N) is 3. The van der Waals surface area contributed by atoms with Gasteiger partial charge in [0.15, 0.2) is 11.7 Å². The van der Waals surface area contributed by atoms with Gasteiger partial charge in [0.25, 0.3) is 5.91 Å². The highest BCUT2D eigenvalue weighted by Crippen LogP contribution is 2.31. The van der Waals surface area contributed by atoms with Crippen LogP contribution >= 0.6 is 11.3 Å². The van der Waals surface area contributed by atoms with Crippen LogP contribution in [0.15, 0.2) is 18.5 Å². The fraction of sp³-hybridized carbons (Fsp3) is 0.438. The molecular formula is C16H19N3O2S. The Morgan fingerprint density at radius 2 is 2.23 bits per heavy atom. The fourth-order valence-electron chi connectivity index (χ4n) is 2.45. The predicted octanol–water partition coefficient (Wildman–Crippen LogP) is 2.77. The van der Waals surface area contributed by atoms with Crippen LogP contribution in [-0.2, 0) is 17.6 Å². The number of ether oxygens (including phenoxy) is 1. The lowest BCUT2D eigenvalue weighted by Gasteiger charge is -2.15. The van der Waals surface area contributed by atoms with Gasteiger partial charge in [0.05, 0.1) is 5.69 Å². The number of anilines is 1. The Labute approximate surface area is 134 Å². The minimum atomic E-state index is -0.0951. The molecule has 2 aromatic heterocycles. The maximum Gasteiger partial charge on any atom is 0.266 e. The Hall–Kier alpha value is -1.95. The molecule has 0 unspecified atom stereocenters. The summed E-state index contributed by atoms with van der Waals surface area (Å²) in [6.07, 6.45) is 7.90. The topological polar surface area (TPSA) is 55.3 Å².